The van der Waals surface area contributed by atoms with Crippen molar-refractivity contribution in [2.45, 2.75) is 25.7 Å². The average molecular weight is 275 g/mol. The molecular formula is C14H15ClN4. The Hall–Kier alpha value is -1.81. The van der Waals surface area contributed by atoms with Crippen molar-refractivity contribution in [3.63, 3.8) is 0 Å². The summed E-state index contributed by atoms with van der Waals surface area (Å²) in [6.45, 7) is 1.92. The Bertz CT molecular complexity index is 623. The van der Waals surface area contributed by atoms with Gasteiger partial charge >= 0.3 is 0 Å². The molecule has 1 aliphatic carbocycles. The molecule has 1 heterocycles. The van der Waals surface area contributed by atoms with Gasteiger partial charge in [0.2, 0.25) is 0 Å². The lowest BCUT2D eigenvalue weighted by molar-refractivity contribution is 0.928. The number of benzene rings is 1. The number of nitrogens with zero attached hydrogens (tertiary/aromatic N) is 2. The van der Waals surface area contributed by atoms with Crippen molar-refractivity contribution in [2.24, 2.45) is 0 Å². The highest BCUT2D eigenvalue weighted by Crippen LogP contribution is 2.39. The van der Waals surface area contributed by atoms with Gasteiger partial charge in [-0.05, 0) is 38.0 Å². The Balaban J connectivity index is 1.95. The minimum atomic E-state index is 0.475. The monoisotopic (exact) mass is 274 g/mol. The number of rotatable bonds is 3. The standard InChI is InChI=1S/C14H15ClN4/c1-8-12(16)18-14(9-5-6-9)19-13(8)17-11-4-2-3-10(15)7-11/h2-4,7,9H,5-6H2,1H3,(H3,16,17,18,19). The van der Waals surface area contributed by atoms with E-state index in [0.29, 0.717) is 16.8 Å². The molecule has 0 atom stereocenters. The summed E-state index contributed by atoms with van der Waals surface area (Å²) in [4.78, 5) is 8.93. The largest absolute Gasteiger partial charge is 0.383 e. The molecule has 1 saturated carbocycles. The fraction of sp³-hybridized carbons (Fsp3) is 0.286. The van der Waals surface area contributed by atoms with Gasteiger partial charge in [0.15, 0.2) is 0 Å². The van der Waals surface area contributed by atoms with E-state index >= 15 is 0 Å². The van der Waals surface area contributed by atoms with Crippen LogP contribution in [0.1, 0.15) is 30.1 Å². The molecule has 0 amide bonds. The molecule has 0 aliphatic heterocycles. The highest BCUT2D eigenvalue weighted by molar-refractivity contribution is 6.30. The number of hydrogen-bond donors (Lipinski definition) is 2. The summed E-state index contributed by atoms with van der Waals surface area (Å²) in [6.07, 6.45) is 2.30. The second-order valence-electron chi connectivity index (χ2n) is 4.85. The van der Waals surface area contributed by atoms with E-state index in [1.54, 1.807) is 0 Å². The van der Waals surface area contributed by atoms with Crippen LogP contribution in [0, 0.1) is 6.92 Å². The lowest BCUT2D eigenvalue weighted by Crippen LogP contribution is -2.06. The van der Waals surface area contributed by atoms with Crippen LogP contribution in [-0.2, 0) is 0 Å². The van der Waals surface area contributed by atoms with Crippen LogP contribution in [0.2, 0.25) is 5.02 Å². The average Bonchev–Trinajstić information content (AvgIpc) is 3.19. The number of hydrogen-bond acceptors (Lipinski definition) is 4. The van der Waals surface area contributed by atoms with Gasteiger partial charge in [0.25, 0.3) is 0 Å². The Morgan fingerprint density at radius 2 is 2.11 bits per heavy atom. The van der Waals surface area contributed by atoms with Crippen LogP contribution in [0.3, 0.4) is 0 Å². The van der Waals surface area contributed by atoms with E-state index in [2.05, 4.69) is 15.3 Å². The van der Waals surface area contributed by atoms with Crippen LogP contribution < -0.4 is 11.1 Å². The van der Waals surface area contributed by atoms with Crippen molar-refractivity contribution in [1.82, 2.24) is 9.97 Å². The van der Waals surface area contributed by atoms with Gasteiger partial charge in [-0.2, -0.15) is 0 Å². The molecule has 19 heavy (non-hydrogen) atoms. The molecule has 2 aromatic rings. The van der Waals surface area contributed by atoms with E-state index in [1.807, 2.05) is 31.2 Å². The smallest absolute Gasteiger partial charge is 0.139 e. The molecule has 1 aliphatic rings. The summed E-state index contributed by atoms with van der Waals surface area (Å²) in [5.41, 5.74) is 7.72. The van der Waals surface area contributed by atoms with Crippen molar-refractivity contribution < 1.29 is 0 Å². The maximum atomic E-state index is 5.98. The van der Waals surface area contributed by atoms with Crippen LogP contribution >= 0.6 is 11.6 Å². The van der Waals surface area contributed by atoms with Crippen molar-refractivity contribution in [3.05, 3.63) is 40.7 Å². The lowest BCUT2D eigenvalue weighted by atomic mass is 10.2. The molecule has 0 spiro atoms. The Labute approximate surface area is 117 Å². The van der Waals surface area contributed by atoms with Crippen LogP contribution in [0.5, 0.6) is 0 Å². The predicted octanol–water partition coefficient (Wildman–Crippen LogP) is 3.64. The van der Waals surface area contributed by atoms with Gasteiger partial charge in [-0.15, -0.1) is 0 Å². The SMILES string of the molecule is Cc1c(N)nc(C2CC2)nc1Nc1cccc(Cl)c1. The molecule has 3 N–H and O–H groups in total. The normalized spacial score (nSPS) is 14.4. The third kappa shape index (κ3) is 2.63. The quantitative estimate of drug-likeness (QED) is 0.897. The lowest BCUT2D eigenvalue weighted by Gasteiger charge is -2.12. The van der Waals surface area contributed by atoms with Crippen LogP contribution in [0.25, 0.3) is 0 Å². The number of aromatic nitrogens is 2. The van der Waals surface area contributed by atoms with Crippen molar-refractivity contribution in [3.8, 4) is 0 Å². The fourth-order valence-electron chi connectivity index (χ4n) is 1.90. The minimum Gasteiger partial charge on any atom is -0.383 e. The molecular weight excluding hydrogens is 260 g/mol. The second-order valence-corrected chi connectivity index (χ2v) is 5.29. The molecule has 0 bridgehead atoms. The van der Waals surface area contributed by atoms with Gasteiger partial charge in [-0.1, -0.05) is 17.7 Å². The van der Waals surface area contributed by atoms with E-state index in [9.17, 15) is 0 Å². The third-order valence-corrected chi connectivity index (χ3v) is 3.47. The van der Waals surface area contributed by atoms with E-state index in [1.165, 1.54) is 0 Å². The number of halogens is 1. The Morgan fingerprint density at radius 1 is 1.32 bits per heavy atom. The summed E-state index contributed by atoms with van der Waals surface area (Å²) >= 11 is 5.98. The number of nitrogens with one attached hydrogen (secondary N) is 1. The fourth-order valence-corrected chi connectivity index (χ4v) is 2.09. The zero-order valence-electron chi connectivity index (χ0n) is 10.7. The molecule has 0 radical (unpaired) electrons. The van der Waals surface area contributed by atoms with E-state index < -0.39 is 0 Å². The molecule has 5 heteroatoms. The molecule has 4 nitrogen and oxygen atoms in total. The summed E-state index contributed by atoms with van der Waals surface area (Å²) in [6, 6.07) is 7.53. The van der Waals surface area contributed by atoms with Crippen LogP contribution in [0.15, 0.2) is 24.3 Å². The molecule has 0 unspecified atom stereocenters. The summed E-state index contributed by atoms with van der Waals surface area (Å²) in [5.74, 6) is 2.62. The third-order valence-electron chi connectivity index (χ3n) is 3.23. The Kier molecular flexibility index (Phi) is 3.03. The summed E-state index contributed by atoms with van der Waals surface area (Å²) < 4.78 is 0. The first kappa shape index (κ1) is 12.2. The number of anilines is 3. The Morgan fingerprint density at radius 3 is 2.79 bits per heavy atom. The van der Waals surface area contributed by atoms with Gasteiger partial charge in [0.05, 0.1) is 0 Å². The molecule has 98 valence electrons. The first-order valence-electron chi connectivity index (χ1n) is 6.30. The molecule has 3 rings (SSSR count). The highest BCUT2D eigenvalue weighted by atomic mass is 35.5. The van der Waals surface area contributed by atoms with Crippen LogP contribution in [0.4, 0.5) is 17.3 Å². The van der Waals surface area contributed by atoms with Gasteiger partial charge in [0, 0.05) is 22.2 Å². The van der Waals surface area contributed by atoms with E-state index in [4.69, 9.17) is 17.3 Å². The first-order valence-corrected chi connectivity index (χ1v) is 6.68. The van der Waals surface area contributed by atoms with Crippen molar-refractivity contribution in [1.29, 1.82) is 0 Å². The zero-order valence-corrected chi connectivity index (χ0v) is 11.4. The topological polar surface area (TPSA) is 63.8 Å². The van der Waals surface area contributed by atoms with Crippen molar-refractivity contribution in [2.75, 3.05) is 11.1 Å². The maximum Gasteiger partial charge on any atom is 0.139 e. The van der Waals surface area contributed by atoms with E-state index in [-0.39, 0.29) is 0 Å². The minimum absolute atomic E-state index is 0.475. The maximum absolute atomic E-state index is 5.98. The van der Waals surface area contributed by atoms with Gasteiger partial charge in [-0.25, -0.2) is 9.97 Å². The van der Waals surface area contributed by atoms with Crippen LogP contribution in [-0.4, -0.2) is 9.97 Å². The molecule has 1 fully saturated rings. The summed E-state index contributed by atoms with van der Waals surface area (Å²) in [5, 5.41) is 3.95. The van der Waals surface area contributed by atoms with Crippen molar-refractivity contribution >= 4 is 28.9 Å². The summed E-state index contributed by atoms with van der Waals surface area (Å²) in [7, 11) is 0. The van der Waals surface area contributed by atoms with Gasteiger partial charge in [-0.3, -0.25) is 0 Å². The predicted molar refractivity (Wildman–Crippen MR) is 77.9 cm³/mol. The van der Waals surface area contributed by atoms with E-state index in [0.717, 1.165) is 35.7 Å². The molecule has 1 aromatic carbocycles. The second kappa shape index (κ2) is 4.70. The zero-order chi connectivity index (χ0) is 13.4. The number of nitrogens with two attached hydrogens (primary N) is 1. The van der Waals surface area contributed by atoms with Gasteiger partial charge in [0.1, 0.15) is 17.5 Å². The highest BCUT2D eigenvalue weighted by Gasteiger charge is 2.27. The molecule has 1 aromatic heterocycles. The van der Waals surface area contributed by atoms with Gasteiger partial charge < -0.3 is 11.1 Å². The first-order chi connectivity index (χ1) is 9.13. The number of nitrogen functional groups attached to an aromatic ring is 1. The molecule has 0 saturated heterocycles.